The number of carbonyl (C=O) groups is 1. The number of aliphatic hydroxyl groups excluding tert-OH is 2. The minimum Gasteiger partial charge on any atom is -0.453 e. The molecule has 5 aliphatic carbocycles. The van der Waals surface area contributed by atoms with Gasteiger partial charge in [-0.05, 0) is 79.1 Å². The van der Waals surface area contributed by atoms with E-state index in [4.69, 9.17) is 4.74 Å². The molecule has 0 aromatic heterocycles. The second-order valence-electron chi connectivity index (χ2n) is 14.8. The Balaban J connectivity index is 1.53. The van der Waals surface area contributed by atoms with Crippen molar-refractivity contribution in [3.8, 4) is 0 Å². The van der Waals surface area contributed by atoms with Crippen LogP contribution in [0.25, 0.3) is 0 Å². The average Bonchev–Trinajstić information content (AvgIpc) is 2.96. The van der Waals surface area contributed by atoms with Gasteiger partial charge in [0.05, 0.1) is 17.6 Å². The summed E-state index contributed by atoms with van der Waals surface area (Å²) in [6, 6.07) is 0. The monoisotopic (exact) mass is 470 g/mol. The predicted octanol–water partition coefficient (Wildman–Crippen LogP) is 5.51. The van der Waals surface area contributed by atoms with E-state index in [-0.39, 0.29) is 50.8 Å². The van der Waals surface area contributed by atoms with Crippen LogP contribution in [0.2, 0.25) is 0 Å². The quantitative estimate of drug-likeness (QED) is 0.362. The maximum Gasteiger partial charge on any atom is 0.313 e. The van der Waals surface area contributed by atoms with Crippen molar-refractivity contribution in [1.82, 2.24) is 0 Å². The molecule has 1 saturated heterocycles. The van der Waals surface area contributed by atoms with Crippen molar-refractivity contribution < 1.29 is 19.7 Å². The molecule has 4 nitrogen and oxygen atoms in total. The van der Waals surface area contributed by atoms with Gasteiger partial charge in [0.15, 0.2) is 0 Å². The molecule has 6 aliphatic rings. The molecule has 6 rings (SSSR count). The molecule has 0 amide bonds. The summed E-state index contributed by atoms with van der Waals surface area (Å²) in [5, 5.41) is 22.5. The highest BCUT2D eigenvalue weighted by Crippen LogP contribution is 2.79. The third kappa shape index (κ3) is 2.21. The second-order valence-corrected chi connectivity index (χ2v) is 14.8. The van der Waals surface area contributed by atoms with E-state index in [0.29, 0.717) is 18.3 Å². The van der Waals surface area contributed by atoms with Crippen molar-refractivity contribution in [2.75, 3.05) is 0 Å². The molecule has 2 N–H and O–H groups in total. The summed E-state index contributed by atoms with van der Waals surface area (Å²) < 4.78 is 6.68. The largest absolute Gasteiger partial charge is 0.453 e. The van der Waals surface area contributed by atoms with E-state index in [1.54, 1.807) is 0 Å². The normalized spacial score (nSPS) is 61.6. The lowest BCUT2D eigenvalue weighted by molar-refractivity contribution is -0.266. The highest BCUT2D eigenvalue weighted by atomic mass is 16.6. The lowest BCUT2D eigenvalue weighted by Crippen LogP contribution is -2.72. The highest BCUT2D eigenvalue weighted by molar-refractivity contribution is 5.82. The van der Waals surface area contributed by atoms with Gasteiger partial charge >= 0.3 is 5.97 Å². The summed E-state index contributed by atoms with van der Waals surface area (Å²) >= 11 is 0. The Labute approximate surface area is 205 Å². The van der Waals surface area contributed by atoms with Crippen LogP contribution in [-0.2, 0) is 9.53 Å². The van der Waals surface area contributed by atoms with Crippen LogP contribution >= 0.6 is 0 Å². The Bertz CT molecular complexity index is 955. The molecule has 5 fully saturated rings. The molecule has 1 spiro atoms. The van der Waals surface area contributed by atoms with Crippen molar-refractivity contribution in [3.05, 3.63) is 12.2 Å². The number of ether oxygens (including phenoxy) is 1. The first-order valence-electron chi connectivity index (χ1n) is 14.0. The zero-order chi connectivity index (χ0) is 24.7. The van der Waals surface area contributed by atoms with Gasteiger partial charge in [-0.15, -0.1) is 0 Å². The Hall–Kier alpha value is -0.870. The van der Waals surface area contributed by atoms with Crippen molar-refractivity contribution in [2.24, 2.45) is 56.7 Å². The van der Waals surface area contributed by atoms with Crippen molar-refractivity contribution in [3.63, 3.8) is 0 Å². The number of carbonyl (C=O) groups excluding carboxylic acids is 1. The van der Waals surface area contributed by atoms with Gasteiger partial charge in [0.1, 0.15) is 5.60 Å². The fraction of sp³-hybridized carbons (Fsp3) is 0.900. The fourth-order valence-electron chi connectivity index (χ4n) is 11.4. The fourth-order valence-corrected chi connectivity index (χ4v) is 11.4. The van der Waals surface area contributed by atoms with Gasteiger partial charge in [-0.1, -0.05) is 54.5 Å². The molecule has 12 atom stereocenters. The maximum atomic E-state index is 13.7. The van der Waals surface area contributed by atoms with E-state index >= 15 is 0 Å². The van der Waals surface area contributed by atoms with Crippen LogP contribution in [0, 0.1) is 56.7 Å². The molecule has 0 aromatic rings. The standard InChI is InChI=1S/C30H46O4/c1-17-8-12-29-15-14-27(6)26(5)11-9-19-25(3,4)21(31)16-22(32)28(19,7)20(26)10-13-30(27,34-24(29)33)23(29)18(17)2/h10,13,17-23,31-32H,8-9,11-12,14-16H2,1-7H3/t17-,18+,19+,20+,21+,22-,23-,26-,27+,28+,29?,30?/m1/s1. The average molecular weight is 471 g/mol. The molecule has 4 saturated carbocycles. The van der Waals surface area contributed by atoms with Gasteiger partial charge in [-0.2, -0.15) is 0 Å². The molecule has 2 bridgehead atoms. The van der Waals surface area contributed by atoms with E-state index in [0.717, 1.165) is 38.5 Å². The van der Waals surface area contributed by atoms with Gasteiger partial charge in [0.2, 0.25) is 0 Å². The van der Waals surface area contributed by atoms with Crippen molar-refractivity contribution in [1.29, 1.82) is 0 Å². The molecule has 34 heavy (non-hydrogen) atoms. The second kappa shape index (κ2) is 6.52. The molecule has 1 aliphatic heterocycles. The summed E-state index contributed by atoms with van der Waals surface area (Å²) in [5.41, 5.74) is -1.63. The molecule has 0 aromatic carbocycles. The first-order valence-corrected chi connectivity index (χ1v) is 14.0. The SMILES string of the molecule is C[C@H]1[C@H](C)CCC23CC[C@]4(C)C(C=C[C@@H]5[C@@]6(C)[C@H](O)C[C@H](O)C(C)(C)[C@@H]6CC[C@]54C)(OC2=O)[C@H]13. The molecular weight excluding hydrogens is 424 g/mol. The lowest BCUT2D eigenvalue weighted by atomic mass is 9.31. The Morgan fingerprint density at radius 2 is 1.65 bits per heavy atom. The van der Waals surface area contributed by atoms with Crippen LogP contribution in [0.4, 0.5) is 0 Å². The van der Waals surface area contributed by atoms with Crippen LogP contribution in [0.1, 0.15) is 93.4 Å². The summed E-state index contributed by atoms with van der Waals surface area (Å²) in [7, 11) is 0. The molecule has 2 unspecified atom stereocenters. The lowest BCUT2D eigenvalue weighted by Gasteiger charge is -2.72. The number of esters is 1. The van der Waals surface area contributed by atoms with E-state index < -0.39 is 17.8 Å². The molecule has 0 radical (unpaired) electrons. The van der Waals surface area contributed by atoms with Gasteiger partial charge in [0.25, 0.3) is 0 Å². The topological polar surface area (TPSA) is 66.8 Å². The summed E-state index contributed by atoms with van der Waals surface area (Å²) in [6.07, 6.45) is 10.2. The number of fused-ring (bicyclic) bond motifs is 4. The Morgan fingerprint density at radius 1 is 0.941 bits per heavy atom. The maximum absolute atomic E-state index is 13.7. The first-order chi connectivity index (χ1) is 15.7. The zero-order valence-corrected chi connectivity index (χ0v) is 22.4. The number of hydrogen-bond donors (Lipinski definition) is 2. The van der Waals surface area contributed by atoms with Crippen LogP contribution in [-0.4, -0.2) is 34.0 Å². The zero-order valence-electron chi connectivity index (χ0n) is 22.4. The summed E-state index contributed by atoms with van der Waals surface area (Å²) in [4.78, 5) is 13.7. The number of allylic oxidation sites excluding steroid dienone is 1. The van der Waals surface area contributed by atoms with Crippen LogP contribution in [0.15, 0.2) is 12.2 Å². The van der Waals surface area contributed by atoms with Crippen LogP contribution in [0.5, 0.6) is 0 Å². The minimum absolute atomic E-state index is 0.0635. The molecular formula is C30H46O4. The predicted molar refractivity (Wildman–Crippen MR) is 132 cm³/mol. The number of rotatable bonds is 0. The third-order valence-electron chi connectivity index (χ3n) is 13.9. The van der Waals surface area contributed by atoms with E-state index in [1.807, 2.05) is 0 Å². The van der Waals surface area contributed by atoms with E-state index in [9.17, 15) is 15.0 Å². The summed E-state index contributed by atoms with van der Waals surface area (Å²) in [5.74, 6) is 1.80. The number of aliphatic hydroxyl groups is 2. The Morgan fingerprint density at radius 3 is 2.35 bits per heavy atom. The molecule has 190 valence electrons. The van der Waals surface area contributed by atoms with Crippen molar-refractivity contribution in [2.45, 2.75) is 111 Å². The smallest absolute Gasteiger partial charge is 0.313 e. The van der Waals surface area contributed by atoms with Gasteiger partial charge in [-0.3, -0.25) is 4.79 Å². The van der Waals surface area contributed by atoms with Crippen LogP contribution < -0.4 is 0 Å². The number of hydrogen-bond acceptors (Lipinski definition) is 4. The highest BCUT2D eigenvalue weighted by Gasteiger charge is 2.80. The molecule has 1 heterocycles. The van der Waals surface area contributed by atoms with E-state index in [1.165, 1.54) is 0 Å². The molecule has 4 heteroatoms. The Kier molecular flexibility index (Phi) is 4.51. The van der Waals surface area contributed by atoms with Crippen molar-refractivity contribution >= 4 is 5.97 Å². The van der Waals surface area contributed by atoms with Gasteiger partial charge < -0.3 is 14.9 Å². The first kappa shape index (κ1) is 23.5. The van der Waals surface area contributed by atoms with Gasteiger partial charge in [0, 0.05) is 23.2 Å². The third-order valence-corrected chi connectivity index (χ3v) is 13.9. The summed E-state index contributed by atoms with van der Waals surface area (Å²) in [6.45, 7) is 16.3. The van der Waals surface area contributed by atoms with E-state index in [2.05, 4.69) is 60.6 Å². The van der Waals surface area contributed by atoms with Crippen LogP contribution in [0.3, 0.4) is 0 Å². The van der Waals surface area contributed by atoms with Gasteiger partial charge in [-0.25, -0.2) is 0 Å². The minimum atomic E-state index is -0.542.